The topological polar surface area (TPSA) is 56.3 Å². The molecule has 148 valence electrons. The third-order valence-electron chi connectivity index (χ3n) is 5.45. The van der Waals surface area contributed by atoms with Gasteiger partial charge in [-0.15, -0.1) is 0 Å². The van der Waals surface area contributed by atoms with Gasteiger partial charge in [0.05, 0.1) is 17.9 Å². The van der Waals surface area contributed by atoms with Crippen LogP contribution < -0.4 is 10.5 Å². The predicted molar refractivity (Wildman–Crippen MR) is 110 cm³/mol. The van der Waals surface area contributed by atoms with Gasteiger partial charge in [0.2, 0.25) is 5.88 Å². The van der Waals surface area contributed by atoms with Gasteiger partial charge in [0, 0.05) is 32.1 Å². The summed E-state index contributed by atoms with van der Waals surface area (Å²) in [7, 11) is 0. The van der Waals surface area contributed by atoms with E-state index in [2.05, 4.69) is 56.0 Å². The average Bonchev–Trinajstić information content (AvgIpc) is 3.18. The molecule has 27 heavy (non-hydrogen) atoms. The Labute approximate surface area is 163 Å². The van der Waals surface area contributed by atoms with Crippen molar-refractivity contribution in [3.05, 3.63) is 47.2 Å². The van der Waals surface area contributed by atoms with Crippen molar-refractivity contribution in [2.75, 3.05) is 26.2 Å². The van der Waals surface area contributed by atoms with E-state index in [0.29, 0.717) is 24.4 Å². The zero-order chi connectivity index (χ0) is 19.4. The number of nitrogens with zero attached hydrogens (tertiary/aromatic N) is 3. The Kier molecular flexibility index (Phi) is 6.55. The SMILES string of the molecule is CCOc1c(CN2C[C@@H](CN)[C@H](c3ccccc3)C2)c(C)nn1CC(C)C. The van der Waals surface area contributed by atoms with Crippen molar-refractivity contribution in [1.29, 1.82) is 0 Å². The maximum absolute atomic E-state index is 6.12. The highest BCUT2D eigenvalue weighted by Gasteiger charge is 2.34. The fourth-order valence-electron chi connectivity index (χ4n) is 4.18. The van der Waals surface area contributed by atoms with Crippen LogP contribution in [0.15, 0.2) is 30.3 Å². The van der Waals surface area contributed by atoms with Crippen molar-refractivity contribution in [2.24, 2.45) is 17.6 Å². The Bertz CT molecular complexity index is 725. The minimum absolute atomic E-state index is 0.494. The van der Waals surface area contributed by atoms with Gasteiger partial charge in [-0.2, -0.15) is 5.10 Å². The van der Waals surface area contributed by atoms with Crippen molar-refractivity contribution in [1.82, 2.24) is 14.7 Å². The standard InChI is InChI=1S/C22H34N4O/c1-5-27-22-20(17(4)24-26(22)12-16(2)3)14-25-13-19(11-23)21(15-25)18-9-7-6-8-10-18/h6-10,16,19,21H,5,11-15,23H2,1-4H3/t19-,21+/m1/s1. The second-order valence-electron chi connectivity index (χ2n) is 8.09. The Morgan fingerprint density at radius 1 is 1.22 bits per heavy atom. The quantitative estimate of drug-likeness (QED) is 0.773. The van der Waals surface area contributed by atoms with Crippen LogP contribution in [0.2, 0.25) is 0 Å². The highest BCUT2D eigenvalue weighted by Crippen LogP contribution is 2.34. The van der Waals surface area contributed by atoms with E-state index in [9.17, 15) is 0 Å². The lowest BCUT2D eigenvalue weighted by Gasteiger charge is -2.18. The van der Waals surface area contributed by atoms with Gasteiger partial charge in [-0.25, -0.2) is 4.68 Å². The van der Waals surface area contributed by atoms with Crippen LogP contribution in [0.4, 0.5) is 0 Å². The molecule has 2 heterocycles. The van der Waals surface area contributed by atoms with Crippen molar-refractivity contribution >= 4 is 0 Å². The lowest BCUT2D eigenvalue weighted by atomic mass is 9.89. The molecule has 2 atom stereocenters. The second kappa shape index (κ2) is 8.89. The predicted octanol–water partition coefficient (Wildman–Crippen LogP) is 3.42. The van der Waals surface area contributed by atoms with Gasteiger partial charge in [-0.05, 0) is 37.8 Å². The number of benzene rings is 1. The number of hydrogen-bond donors (Lipinski definition) is 1. The Morgan fingerprint density at radius 2 is 1.96 bits per heavy atom. The molecular weight excluding hydrogens is 336 g/mol. The first kappa shape index (κ1) is 19.9. The number of nitrogens with two attached hydrogens (primary N) is 1. The fourth-order valence-corrected chi connectivity index (χ4v) is 4.18. The highest BCUT2D eigenvalue weighted by atomic mass is 16.5. The number of aromatic nitrogens is 2. The molecule has 0 unspecified atom stereocenters. The van der Waals surface area contributed by atoms with Gasteiger partial charge < -0.3 is 10.5 Å². The Hall–Kier alpha value is -1.85. The summed E-state index contributed by atoms with van der Waals surface area (Å²) in [6, 6.07) is 10.8. The molecule has 1 aliphatic rings. The zero-order valence-electron chi connectivity index (χ0n) is 17.2. The normalized spacial score (nSPS) is 20.5. The van der Waals surface area contributed by atoms with Crippen molar-refractivity contribution in [3.63, 3.8) is 0 Å². The van der Waals surface area contributed by atoms with Gasteiger partial charge in [-0.1, -0.05) is 44.2 Å². The van der Waals surface area contributed by atoms with E-state index in [-0.39, 0.29) is 0 Å². The lowest BCUT2D eigenvalue weighted by Crippen LogP contribution is -2.23. The molecule has 0 saturated carbocycles. The van der Waals surface area contributed by atoms with Gasteiger partial charge in [0.1, 0.15) is 0 Å². The van der Waals surface area contributed by atoms with E-state index in [1.54, 1.807) is 0 Å². The van der Waals surface area contributed by atoms with Crippen LogP contribution in [-0.4, -0.2) is 40.9 Å². The van der Waals surface area contributed by atoms with Gasteiger partial charge in [0.15, 0.2) is 0 Å². The molecule has 1 aromatic heterocycles. The van der Waals surface area contributed by atoms with E-state index in [4.69, 9.17) is 15.6 Å². The van der Waals surface area contributed by atoms with Gasteiger partial charge in [0.25, 0.3) is 0 Å². The van der Waals surface area contributed by atoms with Gasteiger partial charge in [-0.3, -0.25) is 4.90 Å². The van der Waals surface area contributed by atoms with Crippen LogP contribution in [0.1, 0.15) is 43.5 Å². The number of rotatable bonds is 8. The maximum Gasteiger partial charge on any atom is 0.216 e. The van der Waals surface area contributed by atoms with Crippen LogP contribution in [0.5, 0.6) is 5.88 Å². The number of ether oxygens (including phenoxy) is 1. The molecule has 0 spiro atoms. The van der Waals surface area contributed by atoms with Crippen LogP contribution in [0.25, 0.3) is 0 Å². The molecular formula is C22H34N4O. The molecule has 0 radical (unpaired) electrons. The van der Waals surface area contributed by atoms with E-state index in [0.717, 1.165) is 44.3 Å². The monoisotopic (exact) mass is 370 g/mol. The molecule has 1 saturated heterocycles. The van der Waals surface area contributed by atoms with Crippen LogP contribution >= 0.6 is 0 Å². The van der Waals surface area contributed by atoms with Crippen LogP contribution in [-0.2, 0) is 13.1 Å². The molecule has 1 aromatic carbocycles. The number of hydrogen-bond acceptors (Lipinski definition) is 4. The van der Waals surface area contributed by atoms with E-state index < -0.39 is 0 Å². The first-order chi connectivity index (χ1) is 13.0. The van der Waals surface area contributed by atoms with Crippen LogP contribution in [0.3, 0.4) is 0 Å². The summed E-state index contributed by atoms with van der Waals surface area (Å²) in [4.78, 5) is 2.52. The van der Waals surface area contributed by atoms with Crippen LogP contribution in [0, 0.1) is 18.8 Å². The van der Waals surface area contributed by atoms with E-state index in [1.165, 1.54) is 11.1 Å². The summed E-state index contributed by atoms with van der Waals surface area (Å²) in [5.74, 6) is 2.47. The zero-order valence-corrected chi connectivity index (χ0v) is 17.2. The summed E-state index contributed by atoms with van der Waals surface area (Å²) >= 11 is 0. The molecule has 0 amide bonds. The average molecular weight is 371 g/mol. The molecule has 3 rings (SSSR count). The highest BCUT2D eigenvalue weighted by molar-refractivity contribution is 5.32. The van der Waals surface area contributed by atoms with Crippen molar-refractivity contribution in [2.45, 2.75) is 46.7 Å². The van der Waals surface area contributed by atoms with Gasteiger partial charge >= 0.3 is 0 Å². The molecule has 1 fully saturated rings. The third kappa shape index (κ3) is 4.53. The molecule has 5 heteroatoms. The molecule has 5 nitrogen and oxygen atoms in total. The molecule has 0 aliphatic carbocycles. The lowest BCUT2D eigenvalue weighted by molar-refractivity contribution is 0.274. The maximum atomic E-state index is 6.12. The Balaban J connectivity index is 1.80. The van der Waals surface area contributed by atoms with E-state index >= 15 is 0 Å². The summed E-state index contributed by atoms with van der Waals surface area (Å²) < 4.78 is 8.06. The summed E-state index contributed by atoms with van der Waals surface area (Å²) in [6.45, 7) is 13.8. The summed E-state index contributed by atoms with van der Waals surface area (Å²) in [5, 5.41) is 4.77. The molecule has 2 N–H and O–H groups in total. The molecule has 0 bridgehead atoms. The fraction of sp³-hybridized carbons (Fsp3) is 0.591. The molecule has 2 aromatic rings. The minimum atomic E-state index is 0.494. The summed E-state index contributed by atoms with van der Waals surface area (Å²) in [6.07, 6.45) is 0. The minimum Gasteiger partial charge on any atom is -0.478 e. The first-order valence-electron chi connectivity index (χ1n) is 10.2. The first-order valence-corrected chi connectivity index (χ1v) is 10.2. The number of aryl methyl sites for hydroxylation is 1. The second-order valence-corrected chi connectivity index (χ2v) is 8.09. The third-order valence-corrected chi connectivity index (χ3v) is 5.45. The van der Waals surface area contributed by atoms with E-state index in [1.807, 2.05) is 11.6 Å². The number of likely N-dealkylation sites (tertiary alicyclic amines) is 1. The van der Waals surface area contributed by atoms with Crippen molar-refractivity contribution in [3.8, 4) is 5.88 Å². The van der Waals surface area contributed by atoms with Crippen molar-refractivity contribution < 1.29 is 4.74 Å². The smallest absolute Gasteiger partial charge is 0.216 e. The summed E-state index contributed by atoms with van der Waals surface area (Å²) in [5.41, 5.74) is 9.81. The molecule has 1 aliphatic heterocycles. The Morgan fingerprint density at radius 3 is 2.59 bits per heavy atom. The largest absolute Gasteiger partial charge is 0.478 e.